The molecule has 1 amide bonds. The second-order valence-electron chi connectivity index (χ2n) is 5.04. The highest BCUT2D eigenvalue weighted by atomic mass is 16.6. The minimum Gasteiger partial charge on any atom is -0.444 e. The number of carbonyl (C=O) groups excluding carboxylic acids is 1. The summed E-state index contributed by atoms with van der Waals surface area (Å²) >= 11 is 0. The summed E-state index contributed by atoms with van der Waals surface area (Å²) in [5.74, 6) is 0. The first-order chi connectivity index (χ1) is 8.39. The molecule has 0 spiro atoms. The summed E-state index contributed by atoms with van der Waals surface area (Å²) in [5, 5.41) is 5.98. The van der Waals surface area contributed by atoms with Gasteiger partial charge in [-0.3, -0.25) is 0 Å². The number of hydrogen-bond acceptors (Lipinski definition) is 3. The molecule has 1 saturated heterocycles. The molecule has 1 unspecified atom stereocenters. The molecule has 1 fully saturated rings. The Morgan fingerprint density at radius 2 is 1.83 bits per heavy atom. The average Bonchev–Trinajstić information content (AvgIpc) is 2.71. The highest BCUT2D eigenvalue weighted by Gasteiger charge is 2.21. The summed E-state index contributed by atoms with van der Waals surface area (Å²) < 4.78 is 5.12. The number of amides is 1. The molecule has 110 valence electrons. The molecule has 0 saturated carbocycles. The van der Waals surface area contributed by atoms with Gasteiger partial charge in [-0.2, -0.15) is 0 Å². The molecule has 1 aliphatic heterocycles. The Bertz CT molecular complexity index is 194. The van der Waals surface area contributed by atoms with Crippen LogP contribution in [0, 0.1) is 0 Å². The number of hydrogen-bond donors (Lipinski definition) is 2. The Kier molecular flexibility index (Phi) is 12.3. The van der Waals surface area contributed by atoms with Gasteiger partial charge < -0.3 is 15.4 Å². The lowest BCUT2D eigenvalue weighted by Gasteiger charge is -2.21. The lowest BCUT2D eigenvalue weighted by atomic mass is 10.2. The SMILES string of the molecule is CC.CC(C)(C)OC(=O)NC1CCNC1.CCC. The van der Waals surface area contributed by atoms with Gasteiger partial charge in [-0.15, -0.1) is 0 Å². The van der Waals surface area contributed by atoms with Gasteiger partial charge in [0, 0.05) is 12.6 Å². The zero-order valence-corrected chi connectivity index (χ0v) is 13.2. The lowest BCUT2D eigenvalue weighted by molar-refractivity contribution is 0.0508. The van der Waals surface area contributed by atoms with Crippen molar-refractivity contribution >= 4 is 6.09 Å². The van der Waals surface area contributed by atoms with E-state index in [-0.39, 0.29) is 12.1 Å². The highest BCUT2D eigenvalue weighted by Crippen LogP contribution is 2.07. The van der Waals surface area contributed by atoms with Crippen molar-refractivity contribution in [2.75, 3.05) is 13.1 Å². The Morgan fingerprint density at radius 1 is 1.33 bits per heavy atom. The molecule has 18 heavy (non-hydrogen) atoms. The third kappa shape index (κ3) is 13.3. The predicted octanol–water partition coefficient (Wildman–Crippen LogP) is 3.32. The van der Waals surface area contributed by atoms with Crippen molar-refractivity contribution < 1.29 is 9.53 Å². The van der Waals surface area contributed by atoms with Crippen LogP contribution in [0.3, 0.4) is 0 Å². The van der Waals surface area contributed by atoms with Crippen LogP contribution < -0.4 is 10.6 Å². The van der Waals surface area contributed by atoms with E-state index >= 15 is 0 Å². The quantitative estimate of drug-likeness (QED) is 0.760. The second kappa shape index (κ2) is 11.3. The van der Waals surface area contributed by atoms with Gasteiger partial charge >= 0.3 is 6.09 Å². The molecule has 0 aromatic heterocycles. The summed E-state index contributed by atoms with van der Waals surface area (Å²) in [7, 11) is 0. The Labute approximate surface area is 113 Å². The second-order valence-corrected chi connectivity index (χ2v) is 5.04. The monoisotopic (exact) mass is 260 g/mol. The highest BCUT2D eigenvalue weighted by molar-refractivity contribution is 5.68. The molecule has 0 aromatic carbocycles. The topological polar surface area (TPSA) is 50.4 Å². The molecule has 2 N–H and O–H groups in total. The van der Waals surface area contributed by atoms with Crippen molar-refractivity contribution in [1.82, 2.24) is 10.6 Å². The Hall–Kier alpha value is -0.770. The van der Waals surface area contributed by atoms with Crippen molar-refractivity contribution in [3.63, 3.8) is 0 Å². The Morgan fingerprint density at radius 3 is 2.17 bits per heavy atom. The first-order valence-electron chi connectivity index (χ1n) is 7.09. The minimum absolute atomic E-state index is 0.231. The van der Waals surface area contributed by atoms with Gasteiger partial charge in [0.1, 0.15) is 5.60 Å². The van der Waals surface area contributed by atoms with E-state index in [0.717, 1.165) is 19.5 Å². The van der Waals surface area contributed by atoms with Crippen LogP contribution in [-0.2, 0) is 4.74 Å². The minimum atomic E-state index is -0.407. The van der Waals surface area contributed by atoms with E-state index in [9.17, 15) is 4.79 Å². The van der Waals surface area contributed by atoms with Crippen LogP contribution >= 0.6 is 0 Å². The van der Waals surface area contributed by atoms with E-state index in [1.807, 2.05) is 34.6 Å². The standard InChI is InChI=1S/C9H18N2O2.C3H8.C2H6/c1-9(2,3)13-8(12)11-7-4-5-10-6-7;1-3-2;1-2/h7,10H,4-6H2,1-3H3,(H,11,12);3H2,1-2H3;1-2H3. The fourth-order valence-electron chi connectivity index (χ4n) is 1.25. The van der Waals surface area contributed by atoms with E-state index in [4.69, 9.17) is 4.74 Å². The van der Waals surface area contributed by atoms with Crippen LogP contribution in [0.4, 0.5) is 4.79 Å². The molecule has 4 nitrogen and oxygen atoms in total. The van der Waals surface area contributed by atoms with E-state index in [1.54, 1.807) is 0 Å². The number of carbonyl (C=O) groups is 1. The van der Waals surface area contributed by atoms with Gasteiger partial charge in [-0.25, -0.2) is 4.79 Å². The summed E-state index contributed by atoms with van der Waals surface area (Å²) in [6.45, 7) is 15.7. The number of alkyl carbamates (subject to hydrolysis) is 1. The van der Waals surface area contributed by atoms with Crippen LogP contribution in [0.5, 0.6) is 0 Å². The molecule has 1 rings (SSSR count). The van der Waals surface area contributed by atoms with Crippen molar-refractivity contribution in [3.05, 3.63) is 0 Å². The molecule has 0 radical (unpaired) electrons. The van der Waals surface area contributed by atoms with Crippen molar-refractivity contribution in [1.29, 1.82) is 0 Å². The van der Waals surface area contributed by atoms with Gasteiger partial charge in [0.2, 0.25) is 0 Å². The predicted molar refractivity (Wildman–Crippen MR) is 78.0 cm³/mol. The number of ether oxygens (including phenoxy) is 1. The fraction of sp³-hybridized carbons (Fsp3) is 0.929. The summed E-state index contributed by atoms with van der Waals surface area (Å²) in [4.78, 5) is 11.3. The largest absolute Gasteiger partial charge is 0.444 e. The Balaban J connectivity index is 0. The normalized spacial score (nSPS) is 17.8. The maximum absolute atomic E-state index is 11.3. The van der Waals surface area contributed by atoms with Gasteiger partial charge in [0.05, 0.1) is 0 Å². The van der Waals surface area contributed by atoms with Crippen molar-refractivity contribution in [2.45, 2.75) is 73.0 Å². The van der Waals surface area contributed by atoms with Crippen molar-refractivity contribution in [2.24, 2.45) is 0 Å². The maximum atomic E-state index is 11.3. The lowest BCUT2D eigenvalue weighted by Crippen LogP contribution is -2.40. The zero-order valence-electron chi connectivity index (χ0n) is 13.2. The van der Waals surface area contributed by atoms with Gasteiger partial charge in [0.25, 0.3) is 0 Å². The molecule has 0 bridgehead atoms. The zero-order chi connectivity index (χ0) is 14.6. The van der Waals surface area contributed by atoms with Crippen LogP contribution in [-0.4, -0.2) is 30.8 Å². The third-order valence-corrected chi connectivity index (χ3v) is 1.78. The fourth-order valence-corrected chi connectivity index (χ4v) is 1.25. The van der Waals surface area contributed by atoms with E-state index in [2.05, 4.69) is 24.5 Å². The third-order valence-electron chi connectivity index (χ3n) is 1.78. The molecule has 4 heteroatoms. The molecule has 0 aliphatic carbocycles. The molecule has 1 atom stereocenters. The molecular weight excluding hydrogens is 228 g/mol. The molecule has 0 aromatic rings. The van der Waals surface area contributed by atoms with Crippen LogP contribution in [0.1, 0.15) is 61.3 Å². The van der Waals surface area contributed by atoms with E-state index in [0.29, 0.717) is 0 Å². The summed E-state index contributed by atoms with van der Waals surface area (Å²) in [5.41, 5.74) is -0.407. The van der Waals surface area contributed by atoms with Crippen LogP contribution in [0.25, 0.3) is 0 Å². The molecule has 1 heterocycles. The van der Waals surface area contributed by atoms with Gasteiger partial charge in [-0.05, 0) is 33.7 Å². The average molecular weight is 260 g/mol. The van der Waals surface area contributed by atoms with E-state index < -0.39 is 5.60 Å². The summed E-state index contributed by atoms with van der Waals surface area (Å²) in [6, 6.07) is 0.231. The maximum Gasteiger partial charge on any atom is 0.407 e. The molecular formula is C14H32N2O2. The first-order valence-corrected chi connectivity index (χ1v) is 7.09. The number of nitrogens with one attached hydrogen (secondary N) is 2. The van der Waals surface area contributed by atoms with Crippen LogP contribution in [0.15, 0.2) is 0 Å². The van der Waals surface area contributed by atoms with Crippen molar-refractivity contribution in [3.8, 4) is 0 Å². The van der Waals surface area contributed by atoms with Crippen LogP contribution in [0.2, 0.25) is 0 Å². The molecule has 1 aliphatic rings. The first kappa shape index (κ1) is 19.6. The summed E-state index contributed by atoms with van der Waals surface area (Å²) in [6.07, 6.45) is 1.92. The number of rotatable bonds is 1. The van der Waals surface area contributed by atoms with Gasteiger partial charge in [0.15, 0.2) is 0 Å². The smallest absolute Gasteiger partial charge is 0.407 e. The van der Waals surface area contributed by atoms with Gasteiger partial charge in [-0.1, -0.05) is 34.1 Å². The van der Waals surface area contributed by atoms with E-state index in [1.165, 1.54) is 6.42 Å².